The molecule has 3 aliphatic rings. The minimum atomic E-state index is -0.823. The molecule has 9 heterocycles. The van der Waals surface area contributed by atoms with E-state index in [-0.39, 0.29) is 64.7 Å². The van der Waals surface area contributed by atoms with Crippen molar-refractivity contribution in [3.63, 3.8) is 0 Å². The number of esters is 1. The fourth-order valence-corrected chi connectivity index (χ4v) is 9.68. The third kappa shape index (κ3) is 9.87. The number of rotatable bonds is 8. The normalized spacial score (nSPS) is 16.3. The Morgan fingerprint density at radius 3 is 1.61 bits per heavy atom. The van der Waals surface area contributed by atoms with Crippen molar-refractivity contribution in [3.8, 4) is 22.9 Å². The zero-order valence-electron chi connectivity index (χ0n) is 39.9. The molecular formula is C54H48F6N10O6. The molecule has 1 N–H and O–H groups in total. The van der Waals surface area contributed by atoms with Crippen LogP contribution in [0.4, 0.5) is 38.0 Å². The van der Waals surface area contributed by atoms with Gasteiger partial charge in [0.25, 0.3) is 0 Å². The van der Waals surface area contributed by atoms with Crippen LogP contribution in [0.3, 0.4) is 0 Å². The van der Waals surface area contributed by atoms with E-state index in [1.165, 1.54) is 53.9 Å². The number of oxazole rings is 2. The van der Waals surface area contributed by atoms with Gasteiger partial charge in [0.1, 0.15) is 68.7 Å². The number of anilines is 2. The van der Waals surface area contributed by atoms with Crippen molar-refractivity contribution in [3.05, 3.63) is 155 Å². The highest BCUT2D eigenvalue weighted by atomic mass is 19.1. The molecule has 4 aromatic carbocycles. The summed E-state index contributed by atoms with van der Waals surface area (Å²) in [7, 11) is 1.16. The number of benzene rings is 4. The Labute approximate surface area is 429 Å². The first kappa shape index (κ1) is 51.1. The molecule has 22 heteroatoms. The number of aliphatic hydroxyl groups is 1. The number of ether oxygens (including phenoxy) is 2. The van der Waals surface area contributed by atoms with Crippen molar-refractivity contribution in [2.75, 3.05) is 43.2 Å². The Balaban J connectivity index is 0.000000156. The Kier molecular flexibility index (Phi) is 14.4. The van der Waals surface area contributed by atoms with Crippen LogP contribution in [0.2, 0.25) is 0 Å². The molecule has 0 amide bonds. The van der Waals surface area contributed by atoms with E-state index in [4.69, 9.17) is 23.5 Å². The second kappa shape index (κ2) is 21.5. The number of hydrogen-bond acceptors (Lipinski definition) is 14. The van der Waals surface area contributed by atoms with E-state index in [1.54, 1.807) is 35.2 Å². The van der Waals surface area contributed by atoms with E-state index in [2.05, 4.69) is 24.9 Å². The van der Waals surface area contributed by atoms with E-state index in [9.17, 15) is 36.2 Å². The van der Waals surface area contributed by atoms with Crippen molar-refractivity contribution >= 4 is 51.1 Å². The van der Waals surface area contributed by atoms with Gasteiger partial charge in [-0.05, 0) is 99.2 Å². The number of fused-ring (bicyclic) bond motifs is 4. The molecule has 3 fully saturated rings. The maximum atomic E-state index is 14.5. The van der Waals surface area contributed by atoms with Crippen LogP contribution in [-0.4, -0.2) is 83.7 Å². The minimum absolute atomic E-state index is 0. The molecule has 10 aromatic rings. The molecule has 0 spiro atoms. The average Bonchev–Trinajstić information content (AvgIpc) is 4.29. The Hall–Kier alpha value is -8.37. The third-order valence-corrected chi connectivity index (χ3v) is 13.3. The zero-order chi connectivity index (χ0) is 51.9. The van der Waals surface area contributed by atoms with E-state index in [0.29, 0.717) is 71.1 Å². The van der Waals surface area contributed by atoms with E-state index < -0.39 is 47.5 Å². The maximum absolute atomic E-state index is 14.5. The molecule has 0 bridgehead atoms. The molecule has 0 aliphatic carbocycles. The number of carbonyl (C=O) groups excluding carboxylic acids is 1. The van der Waals surface area contributed by atoms with Crippen molar-refractivity contribution in [1.82, 2.24) is 39.2 Å². The van der Waals surface area contributed by atoms with Gasteiger partial charge in [-0.3, -0.25) is 0 Å². The summed E-state index contributed by atoms with van der Waals surface area (Å²) in [5.41, 5.74) is 3.31. The van der Waals surface area contributed by atoms with Crippen molar-refractivity contribution in [2.24, 2.45) is 0 Å². The predicted molar refractivity (Wildman–Crippen MR) is 267 cm³/mol. The summed E-state index contributed by atoms with van der Waals surface area (Å²) in [6, 6.07) is 14.7. The highest BCUT2D eigenvalue weighted by Gasteiger charge is 2.32. The van der Waals surface area contributed by atoms with Gasteiger partial charge in [-0.25, -0.2) is 60.1 Å². The summed E-state index contributed by atoms with van der Waals surface area (Å²) in [5, 5.41) is 17.9. The number of aliphatic hydroxyl groups excluding tert-OH is 1. The van der Waals surface area contributed by atoms with E-state index >= 15 is 0 Å². The highest BCUT2D eigenvalue weighted by Crippen LogP contribution is 2.40. The lowest BCUT2D eigenvalue weighted by molar-refractivity contribution is 0.0595. The molecule has 6 aromatic heterocycles. The van der Waals surface area contributed by atoms with Gasteiger partial charge in [-0.15, -0.1) is 0 Å². The van der Waals surface area contributed by atoms with Crippen LogP contribution in [0.1, 0.15) is 85.1 Å². The largest absolute Gasteiger partial charge is 0.465 e. The number of halogens is 6. The van der Waals surface area contributed by atoms with Crippen molar-refractivity contribution < 1.29 is 54.6 Å². The molecule has 0 radical (unpaired) electrons. The first-order chi connectivity index (χ1) is 36.4. The van der Waals surface area contributed by atoms with Gasteiger partial charge < -0.3 is 33.2 Å². The van der Waals surface area contributed by atoms with Crippen LogP contribution in [0.25, 0.3) is 56.4 Å². The van der Waals surface area contributed by atoms with Gasteiger partial charge in [0.05, 0.1) is 43.8 Å². The number of aromatic nitrogens is 8. The molecule has 16 nitrogen and oxygen atoms in total. The molecule has 3 saturated heterocycles. The van der Waals surface area contributed by atoms with Crippen LogP contribution in [0, 0.1) is 34.9 Å². The summed E-state index contributed by atoms with van der Waals surface area (Å²) >= 11 is 0. The van der Waals surface area contributed by atoms with Crippen LogP contribution < -0.4 is 9.80 Å². The summed E-state index contributed by atoms with van der Waals surface area (Å²) in [6.45, 7) is 2.81. The first-order valence-corrected chi connectivity index (χ1v) is 24.0. The van der Waals surface area contributed by atoms with Gasteiger partial charge >= 0.3 is 5.97 Å². The zero-order valence-corrected chi connectivity index (χ0v) is 39.9. The maximum Gasteiger partial charge on any atom is 0.340 e. The van der Waals surface area contributed by atoms with Gasteiger partial charge in [0.2, 0.25) is 11.8 Å². The Morgan fingerprint density at radius 2 is 1.13 bits per heavy atom. The predicted octanol–water partition coefficient (Wildman–Crippen LogP) is 11.3. The minimum Gasteiger partial charge on any atom is -0.465 e. The van der Waals surface area contributed by atoms with Gasteiger partial charge in [-0.1, -0.05) is 7.43 Å². The molecule has 0 saturated carbocycles. The number of hydrogen-bond donors (Lipinski definition) is 1. The molecule has 392 valence electrons. The summed E-state index contributed by atoms with van der Waals surface area (Å²) in [4.78, 5) is 34.0. The lowest BCUT2D eigenvalue weighted by atomic mass is 10.0. The lowest BCUT2D eigenvalue weighted by Gasteiger charge is -2.26. The second-order valence-electron chi connectivity index (χ2n) is 18.0. The smallest absolute Gasteiger partial charge is 0.340 e. The van der Waals surface area contributed by atoms with Gasteiger partial charge in [0, 0.05) is 67.5 Å². The Morgan fingerprint density at radius 1 is 0.632 bits per heavy atom. The van der Waals surface area contributed by atoms with Crippen LogP contribution in [0.5, 0.6) is 0 Å². The fourth-order valence-electron chi connectivity index (χ4n) is 9.68. The van der Waals surface area contributed by atoms with E-state index in [0.717, 1.165) is 63.5 Å². The van der Waals surface area contributed by atoms with Crippen LogP contribution in [0.15, 0.2) is 106 Å². The van der Waals surface area contributed by atoms with E-state index in [1.807, 2.05) is 9.80 Å². The average molecular weight is 1050 g/mol. The van der Waals surface area contributed by atoms with Crippen molar-refractivity contribution in [2.45, 2.75) is 64.6 Å². The molecule has 13 rings (SSSR count). The summed E-state index contributed by atoms with van der Waals surface area (Å²) in [5.74, 6) is -2.60. The summed E-state index contributed by atoms with van der Waals surface area (Å²) < 4.78 is 109. The van der Waals surface area contributed by atoms with Crippen molar-refractivity contribution in [1.29, 1.82) is 0 Å². The molecular weight excluding hydrogens is 999 g/mol. The van der Waals surface area contributed by atoms with Crippen LogP contribution in [-0.2, 0) is 16.1 Å². The lowest BCUT2D eigenvalue weighted by Crippen LogP contribution is -2.24. The number of carbonyl (C=O) groups is 1. The number of nitrogens with zero attached hydrogens (tertiary/aromatic N) is 10. The number of methoxy groups -OCH3 is 1. The highest BCUT2D eigenvalue weighted by molar-refractivity contribution is 5.94. The monoisotopic (exact) mass is 1050 g/mol. The molecule has 0 unspecified atom stereocenters. The van der Waals surface area contributed by atoms with Crippen LogP contribution >= 0.6 is 0 Å². The fraction of sp³-hybridized carbons (Fsp3) is 0.278. The Bertz CT molecular complexity index is 3760. The third-order valence-electron chi connectivity index (χ3n) is 13.3. The van der Waals surface area contributed by atoms with Gasteiger partial charge in [0.15, 0.2) is 22.5 Å². The summed E-state index contributed by atoms with van der Waals surface area (Å²) in [6.07, 6.45) is 12.0. The first-order valence-electron chi connectivity index (χ1n) is 24.0. The standard InChI is InChI=1S/C25H18F3N5O3.C24H18F3N5O2.C4H8O.CH4/c1-35-25(34)15-10-19-21(11-18(15)28)36-24(30-19)16-12-29-33-8-6-22(31-23(16)33)32-7-2-3-20(32)14-9-13(26)4-5-17(14)27;25-14-3-4-17(26)15(9-14)20-2-1-6-31(20)22-5-7-32-23(30-22)16(11-28-32)24-29-19-8-13(12-33)18(27)10-21(19)34-24;1-2-4-5-3-1;/h4-6,8-12,20H,2-3,7H2,1H3;3-5,7-11,20,33H,1-2,6,12H2;1-4H2;1H4/t2*20-;;/m11../s1. The second-order valence-corrected chi connectivity index (χ2v) is 18.0. The topological polar surface area (TPSA) is 175 Å². The SMILES string of the molecule is C.C1CCOC1.COC(=O)c1cc2nc(-c3cnn4ccc(N5CCC[C@@H]5c5cc(F)ccc5F)nc34)oc2cc1F.OCc1cc2nc(-c3cnn4ccc(N5CCC[C@@H]5c5cc(F)ccc5F)nc34)oc2cc1F. The molecule has 3 aliphatic heterocycles. The quantitative estimate of drug-likeness (QED) is 0.112. The van der Waals surface area contributed by atoms with Gasteiger partial charge in [-0.2, -0.15) is 10.2 Å². The molecule has 2 atom stereocenters. The molecule has 76 heavy (non-hydrogen) atoms.